The van der Waals surface area contributed by atoms with Crippen molar-refractivity contribution in [1.82, 2.24) is 10.6 Å². The van der Waals surface area contributed by atoms with Crippen molar-refractivity contribution in [3.05, 3.63) is 11.8 Å². The van der Waals surface area contributed by atoms with Crippen LogP contribution in [0.1, 0.15) is 64.7 Å². The third-order valence-electron chi connectivity index (χ3n) is 4.37. The average molecular weight is 250 g/mol. The minimum Gasteiger partial charge on any atom is -0.335 e. The second kappa shape index (κ2) is 6.81. The molecule has 3 nitrogen and oxygen atoms in total. The van der Waals surface area contributed by atoms with Gasteiger partial charge < -0.3 is 10.6 Å². The van der Waals surface area contributed by atoms with E-state index in [1.54, 1.807) is 0 Å². The molecule has 0 bridgehead atoms. The van der Waals surface area contributed by atoms with Gasteiger partial charge in [-0.05, 0) is 38.5 Å². The molecule has 0 atom stereocenters. The van der Waals surface area contributed by atoms with Crippen molar-refractivity contribution in [2.45, 2.75) is 70.8 Å². The van der Waals surface area contributed by atoms with Crippen LogP contribution in [-0.2, 0) is 0 Å². The van der Waals surface area contributed by atoms with Gasteiger partial charge in [0.05, 0.1) is 0 Å². The number of nitrogens with one attached hydrogen (secondary N) is 2. The van der Waals surface area contributed by atoms with Crippen LogP contribution in [0, 0.1) is 5.92 Å². The summed E-state index contributed by atoms with van der Waals surface area (Å²) in [5.41, 5.74) is 1.33. The number of hydrogen-bond acceptors (Lipinski definition) is 1. The molecule has 2 N–H and O–H groups in total. The minimum atomic E-state index is -0.0285. The molecule has 0 aliphatic heterocycles. The Morgan fingerprint density at radius 1 is 1.00 bits per heavy atom. The first-order valence-corrected chi connectivity index (χ1v) is 7.49. The molecule has 0 aromatic heterocycles. The molecule has 0 radical (unpaired) electrons. The van der Waals surface area contributed by atoms with E-state index in [2.05, 4.69) is 17.6 Å². The van der Waals surface area contributed by atoms with Gasteiger partial charge in [0.25, 0.3) is 0 Å². The quantitative estimate of drug-likeness (QED) is 0.787. The van der Waals surface area contributed by atoms with Crippen LogP contribution in [-0.4, -0.2) is 12.1 Å². The summed E-state index contributed by atoms with van der Waals surface area (Å²) in [6.07, 6.45) is 13.3. The lowest BCUT2D eigenvalue weighted by Gasteiger charge is -2.22. The fourth-order valence-corrected chi connectivity index (χ4v) is 3.15. The zero-order valence-corrected chi connectivity index (χ0v) is 11.5. The number of amides is 2. The summed E-state index contributed by atoms with van der Waals surface area (Å²) in [6, 6.07) is 0.359. The molecule has 0 spiro atoms. The van der Waals surface area contributed by atoms with Gasteiger partial charge in [0, 0.05) is 12.2 Å². The van der Waals surface area contributed by atoms with Crippen molar-refractivity contribution in [1.29, 1.82) is 0 Å². The lowest BCUT2D eigenvalue weighted by molar-refractivity contribution is 0.236. The molecule has 3 heteroatoms. The highest BCUT2D eigenvalue weighted by Crippen LogP contribution is 2.30. The second-order valence-corrected chi connectivity index (χ2v) is 5.82. The molecule has 18 heavy (non-hydrogen) atoms. The van der Waals surface area contributed by atoms with Crippen LogP contribution in [0.2, 0.25) is 0 Å². The van der Waals surface area contributed by atoms with E-state index in [0.717, 1.165) is 12.8 Å². The van der Waals surface area contributed by atoms with Crippen molar-refractivity contribution in [3.8, 4) is 0 Å². The van der Waals surface area contributed by atoms with Crippen LogP contribution in [0.4, 0.5) is 4.79 Å². The van der Waals surface area contributed by atoms with Gasteiger partial charge >= 0.3 is 6.03 Å². The standard InChI is InChI=1S/C15H26N2O/c1-12(13-7-5-6-8-13)11-16-15(18)17-14-9-3-2-4-10-14/h11,13-14H,2-10H2,1H3,(H2,16,17,18)/b12-11+. The Morgan fingerprint density at radius 3 is 2.28 bits per heavy atom. The Labute approximate surface area is 110 Å². The monoisotopic (exact) mass is 250 g/mol. The van der Waals surface area contributed by atoms with Crippen molar-refractivity contribution in [2.24, 2.45) is 5.92 Å². The first-order valence-electron chi connectivity index (χ1n) is 7.49. The molecule has 2 amide bonds. The predicted molar refractivity (Wildman–Crippen MR) is 74.3 cm³/mol. The summed E-state index contributed by atoms with van der Waals surface area (Å²) in [5, 5.41) is 5.96. The summed E-state index contributed by atoms with van der Waals surface area (Å²) in [6.45, 7) is 2.14. The van der Waals surface area contributed by atoms with Crippen molar-refractivity contribution < 1.29 is 4.79 Å². The first-order chi connectivity index (χ1) is 8.75. The Bertz CT molecular complexity index is 300. The van der Waals surface area contributed by atoms with Crippen molar-refractivity contribution in [2.75, 3.05) is 0 Å². The molecule has 102 valence electrons. The number of rotatable bonds is 3. The maximum Gasteiger partial charge on any atom is 0.318 e. The molecule has 0 heterocycles. The molecule has 2 aliphatic rings. The van der Waals surface area contributed by atoms with E-state index in [9.17, 15) is 4.79 Å². The maximum absolute atomic E-state index is 11.8. The average Bonchev–Trinajstić information content (AvgIpc) is 2.91. The SMILES string of the molecule is C/C(=C\NC(=O)NC1CCCCC1)C1CCCC1. The second-order valence-electron chi connectivity index (χ2n) is 5.82. The number of carbonyl (C=O) groups is 1. The van der Waals surface area contributed by atoms with E-state index in [0.29, 0.717) is 12.0 Å². The zero-order chi connectivity index (χ0) is 12.8. The van der Waals surface area contributed by atoms with Gasteiger partial charge in [-0.3, -0.25) is 0 Å². The molecular weight excluding hydrogens is 224 g/mol. The summed E-state index contributed by atoms with van der Waals surface area (Å²) in [5.74, 6) is 0.694. The molecular formula is C15H26N2O. The van der Waals surface area contributed by atoms with Crippen molar-refractivity contribution in [3.63, 3.8) is 0 Å². The van der Waals surface area contributed by atoms with E-state index < -0.39 is 0 Å². The van der Waals surface area contributed by atoms with E-state index in [-0.39, 0.29) is 6.03 Å². The van der Waals surface area contributed by atoms with Crippen LogP contribution < -0.4 is 10.6 Å². The molecule has 2 fully saturated rings. The summed E-state index contributed by atoms with van der Waals surface area (Å²) in [7, 11) is 0. The van der Waals surface area contributed by atoms with Gasteiger partial charge in [0.2, 0.25) is 0 Å². The summed E-state index contributed by atoms with van der Waals surface area (Å²) >= 11 is 0. The summed E-state index contributed by atoms with van der Waals surface area (Å²) in [4.78, 5) is 11.8. The van der Waals surface area contributed by atoms with E-state index in [1.807, 2.05) is 6.20 Å². The van der Waals surface area contributed by atoms with Crippen LogP contribution in [0.15, 0.2) is 11.8 Å². The third-order valence-corrected chi connectivity index (χ3v) is 4.37. The highest BCUT2D eigenvalue weighted by molar-refractivity contribution is 5.75. The third kappa shape index (κ3) is 4.04. The van der Waals surface area contributed by atoms with Crippen LogP contribution in [0.25, 0.3) is 0 Å². The molecule has 2 saturated carbocycles. The van der Waals surface area contributed by atoms with Crippen LogP contribution >= 0.6 is 0 Å². The molecule has 0 saturated heterocycles. The fourth-order valence-electron chi connectivity index (χ4n) is 3.15. The Hall–Kier alpha value is -0.990. The van der Waals surface area contributed by atoms with E-state index in [4.69, 9.17) is 0 Å². The Morgan fingerprint density at radius 2 is 1.61 bits per heavy atom. The Balaban J connectivity index is 1.71. The smallest absolute Gasteiger partial charge is 0.318 e. The van der Waals surface area contributed by atoms with Gasteiger partial charge in [-0.15, -0.1) is 0 Å². The highest BCUT2D eigenvalue weighted by Gasteiger charge is 2.17. The normalized spacial score (nSPS) is 23.1. The highest BCUT2D eigenvalue weighted by atomic mass is 16.2. The zero-order valence-electron chi connectivity index (χ0n) is 11.5. The minimum absolute atomic E-state index is 0.0285. The topological polar surface area (TPSA) is 41.1 Å². The molecule has 0 unspecified atom stereocenters. The van der Waals surface area contributed by atoms with E-state index >= 15 is 0 Å². The number of urea groups is 1. The number of hydrogen-bond donors (Lipinski definition) is 2. The van der Waals surface area contributed by atoms with Crippen molar-refractivity contribution >= 4 is 6.03 Å². The Kier molecular flexibility index (Phi) is 5.09. The van der Waals surface area contributed by atoms with Gasteiger partial charge in [0.1, 0.15) is 0 Å². The largest absolute Gasteiger partial charge is 0.335 e. The van der Waals surface area contributed by atoms with Gasteiger partial charge in [-0.2, -0.15) is 0 Å². The summed E-state index contributed by atoms with van der Waals surface area (Å²) < 4.78 is 0. The van der Waals surface area contributed by atoms with Crippen LogP contribution in [0.5, 0.6) is 0 Å². The number of carbonyl (C=O) groups excluding carboxylic acids is 1. The number of allylic oxidation sites excluding steroid dienone is 1. The van der Waals surface area contributed by atoms with Gasteiger partial charge in [-0.25, -0.2) is 4.79 Å². The van der Waals surface area contributed by atoms with Gasteiger partial charge in [-0.1, -0.05) is 37.7 Å². The lowest BCUT2D eigenvalue weighted by atomic mass is 9.96. The maximum atomic E-state index is 11.8. The lowest BCUT2D eigenvalue weighted by Crippen LogP contribution is -2.41. The molecule has 0 aromatic rings. The fraction of sp³-hybridized carbons (Fsp3) is 0.800. The molecule has 2 aliphatic carbocycles. The molecule has 0 aromatic carbocycles. The van der Waals surface area contributed by atoms with E-state index in [1.165, 1.54) is 50.5 Å². The van der Waals surface area contributed by atoms with Gasteiger partial charge in [0.15, 0.2) is 0 Å². The van der Waals surface area contributed by atoms with Crippen LogP contribution in [0.3, 0.4) is 0 Å². The predicted octanol–water partition coefficient (Wildman–Crippen LogP) is 3.71. The molecule has 2 rings (SSSR count). The first kappa shape index (κ1) is 13.4.